The van der Waals surface area contributed by atoms with Crippen LogP contribution in [-0.2, 0) is 10.9 Å². The Kier molecular flexibility index (Phi) is 7.65. The highest BCUT2D eigenvalue weighted by Gasteiger charge is 2.32. The highest BCUT2D eigenvalue weighted by molar-refractivity contribution is 6.05. The topological polar surface area (TPSA) is 110 Å². The average molecular weight is 513 g/mol. The number of morpholine rings is 1. The Hall–Kier alpha value is -4.09. The van der Waals surface area contributed by atoms with Crippen LogP contribution in [0.15, 0.2) is 67.1 Å². The number of halogens is 3. The van der Waals surface area contributed by atoms with Crippen LogP contribution in [0.25, 0.3) is 5.70 Å². The van der Waals surface area contributed by atoms with E-state index < -0.39 is 17.6 Å². The van der Waals surface area contributed by atoms with Crippen LogP contribution < -0.4 is 26.8 Å². The minimum absolute atomic E-state index is 0.0359. The van der Waals surface area contributed by atoms with Crippen molar-refractivity contribution < 1.29 is 22.7 Å². The summed E-state index contributed by atoms with van der Waals surface area (Å²) < 4.78 is 46.1. The van der Waals surface area contributed by atoms with Crippen LogP contribution in [0.5, 0.6) is 0 Å². The highest BCUT2D eigenvalue weighted by atomic mass is 19.4. The molecule has 11 heteroatoms. The van der Waals surface area contributed by atoms with Crippen molar-refractivity contribution in [3.05, 3.63) is 89.4 Å². The number of hydrazine groups is 1. The van der Waals surface area contributed by atoms with Gasteiger partial charge in [0.25, 0.3) is 5.91 Å². The van der Waals surface area contributed by atoms with E-state index in [0.29, 0.717) is 48.9 Å². The van der Waals surface area contributed by atoms with Gasteiger partial charge < -0.3 is 20.7 Å². The van der Waals surface area contributed by atoms with Crippen LogP contribution in [0.1, 0.15) is 27.0 Å². The van der Waals surface area contributed by atoms with E-state index in [1.54, 1.807) is 47.6 Å². The molecule has 1 fully saturated rings. The molecule has 8 nitrogen and oxygen atoms in total. The molecule has 0 bridgehead atoms. The number of nitrogens with one attached hydrogen (secondary N) is 1. The fourth-order valence-electron chi connectivity index (χ4n) is 3.91. The average Bonchev–Trinajstić information content (AvgIpc) is 2.89. The van der Waals surface area contributed by atoms with E-state index in [-0.39, 0.29) is 11.3 Å². The number of ether oxygens (including phenoxy) is 1. The number of anilines is 3. The van der Waals surface area contributed by atoms with Crippen LogP contribution >= 0.6 is 0 Å². The molecule has 1 aliphatic rings. The van der Waals surface area contributed by atoms with Gasteiger partial charge in [-0.2, -0.15) is 13.2 Å². The molecule has 194 valence electrons. The Morgan fingerprint density at radius 2 is 1.89 bits per heavy atom. The lowest BCUT2D eigenvalue weighted by Gasteiger charge is -2.29. The fraction of sp³-hybridized carbons (Fsp3) is 0.231. The third-order valence-electron chi connectivity index (χ3n) is 5.90. The molecule has 0 aliphatic carbocycles. The third-order valence-corrected chi connectivity index (χ3v) is 5.90. The molecule has 0 unspecified atom stereocenters. The first kappa shape index (κ1) is 26.0. The number of pyridine rings is 1. The fourth-order valence-corrected chi connectivity index (χ4v) is 3.91. The molecule has 0 radical (unpaired) electrons. The first-order valence-corrected chi connectivity index (χ1v) is 11.5. The summed E-state index contributed by atoms with van der Waals surface area (Å²) in [4.78, 5) is 18.9. The number of hydrogen-bond acceptors (Lipinski definition) is 7. The minimum atomic E-state index is -4.57. The quantitative estimate of drug-likeness (QED) is 0.337. The number of nitrogens with two attached hydrogens (primary N) is 2. The van der Waals surface area contributed by atoms with Crippen LogP contribution in [0.4, 0.5) is 30.2 Å². The number of nitrogens with zero attached hydrogens (tertiary/aromatic N) is 3. The lowest BCUT2D eigenvalue weighted by atomic mass is 10.1. The number of rotatable bonds is 6. The van der Waals surface area contributed by atoms with E-state index in [4.69, 9.17) is 16.3 Å². The number of alkyl halides is 3. The molecule has 2 aromatic carbocycles. The van der Waals surface area contributed by atoms with Gasteiger partial charge in [-0.05, 0) is 55.0 Å². The van der Waals surface area contributed by atoms with Gasteiger partial charge in [0.05, 0.1) is 30.2 Å². The molecule has 2 heterocycles. The van der Waals surface area contributed by atoms with Crippen LogP contribution in [-0.4, -0.2) is 37.2 Å². The maximum atomic E-state index is 13.6. The molecule has 1 amide bonds. The normalized spacial score (nSPS) is 14.4. The van der Waals surface area contributed by atoms with Crippen LogP contribution in [0, 0.1) is 6.92 Å². The zero-order valence-electron chi connectivity index (χ0n) is 20.1. The van der Waals surface area contributed by atoms with Crippen molar-refractivity contribution in [1.82, 2.24) is 4.98 Å². The molecular formula is C26H27F3N6O2. The number of benzene rings is 2. The molecule has 0 atom stereocenters. The van der Waals surface area contributed by atoms with E-state index >= 15 is 0 Å². The smallest absolute Gasteiger partial charge is 0.397 e. The summed E-state index contributed by atoms with van der Waals surface area (Å²) in [6.45, 7) is 3.56. The summed E-state index contributed by atoms with van der Waals surface area (Å²) >= 11 is 0. The Morgan fingerprint density at radius 1 is 1.14 bits per heavy atom. The van der Waals surface area contributed by atoms with E-state index in [1.165, 1.54) is 17.3 Å². The Balaban J connectivity index is 1.59. The lowest BCUT2D eigenvalue weighted by molar-refractivity contribution is -0.137. The van der Waals surface area contributed by atoms with Crippen LogP contribution in [0.2, 0.25) is 0 Å². The summed E-state index contributed by atoms with van der Waals surface area (Å²) in [5.41, 5.74) is 8.20. The third kappa shape index (κ3) is 6.38. The van der Waals surface area contributed by atoms with Gasteiger partial charge in [0, 0.05) is 54.2 Å². The van der Waals surface area contributed by atoms with Gasteiger partial charge in [0.15, 0.2) is 0 Å². The Morgan fingerprint density at radius 3 is 2.57 bits per heavy atom. The van der Waals surface area contributed by atoms with Crippen molar-refractivity contribution in [1.29, 1.82) is 0 Å². The molecule has 1 aromatic heterocycles. The standard InChI is InChI=1S/C26H27F3N6O2/c1-17-4-5-18(11-24(17)35(31)16-23(30)19-3-2-6-32-15-19)25(36)33-21-12-20(26(27,28)29)13-22(14-21)34-7-9-37-10-8-34/h2-6,11-16H,7-10,30-31H2,1H3,(H,33,36)/b23-16-. The van der Waals surface area contributed by atoms with E-state index in [1.807, 2.05) is 6.92 Å². The van der Waals surface area contributed by atoms with Crippen molar-refractivity contribution in [3.63, 3.8) is 0 Å². The van der Waals surface area contributed by atoms with Crippen molar-refractivity contribution in [2.24, 2.45) is 11.6 Å². The summed E-state index contributed by atoms with van der Waals surface area (Å²) in [5, 5.41) is 3.88. The summed E-state index contributed by atoms with van der Waals surface area (Å²) in [5.74, 6) is 5.63. The number of carbonyl (C=O) groups is 1. The zero-order chi connectivity index (χ0) is 26.6. The summed E-state index contributed by atoms with van der Waals surface area (Å²) in [6.07, 6.45) is 0.149. The molecule has 0 spiro atoms. The lowest BCUT2D eigenvalue weighted by Crippen LogP contribution is -2.36. The van der Waals surface area contributed by atoms with Gasteiger partial charge in [0.2, 0.25) is 0 Å². The highest BCUT2D eigenvalue weighted by Crippen LogP contribution is 2.35. The van der Waals surface area contributed by atoms with E-state index in [2.05, 4.69) is 10.3 Å². The molecule has 4 rings (SSSR count). The zero-order valence-corrected chi connectivity index (χ0v) is 20.1. The Labute approximate surface area is 212 Å². The molecule has 0 saturated carbocycles. The first-order valence-electron chi connectivity index (χ1n) is 11.5. The van der Waals surface area contributed by atoms with E-state index in [9.17, 15) is 18.0 Å². The summed E-state index contributed by atoms with van der Waals surface area (Å²) in [7, 11) is 0. The number of aryl methyl sites for hydroxylation is 1. The second kappa shape index (κ2) is 10.9. The molecule has 37 heavy (non-hydrogen) atoms. The monoisotopic (exact) mass is 512 g/mol. The van der Waals surface area contributed by atoms with Crippen molar-refractivity contribution in [2.45, 2.75) is 13.1 Å². The minimum Gasteiger partial charge on any atom is -0.397 e. The van der Waals surface area contributed by atoms with Crippen molar-refractivity contribution in [3.8, 4) is 0 Å². The van der Waals surface area contributed by atoms with Gasteiger partial charge >= 0.3 is 6.18 Å². The van der Waals surface area contributed by atoms with Crippen molar-refractivity contribution >= 4 is 28.7 Å². The molecular weight excluding hydrogens is 485 g/mol. The molecule has 1 aliphatic heterocycles. The Bertz CT molecular complexity index is 1290. The second-order valence-corrected chi connectivity index (χ2v) is 8.55. The molecule has 1 saturated heterocycles. The van der Waals surface area contributed by atoms with Gasteiger partial charge in [-0.3, -0.25) is 14.8 Å². The maximum Gasteiger partial charge on any atom is 0.416 e. The van der Waals surface area contributed by atoms with Gasteiger partial charge in [-0.25, -0.2) is 5.84 Å². The number of hydrogen-bond donors (Lipinski definition) is 3. The van der Waals surface area contributed by atoms with Crippen LogP contribution in [0.3, 0.4) is 0 Å². The largest absolute Gasteiger partial charge is 0.416 e. The number of carbonyl (C=O) groups excluding carboxylic acids is 1. The number of amides is 1. The van der Waals surface area contributed by atoms with Gasteiger partial charge in [-0.1, -0.05) is 6.07 Å². The number of aromatic nitrogens is 1. The predicted molar refractivity (Wildman–Crippen MR) is 137 cm³/mol. The van der Waals surface area contributed by atoms with Gasteiger partial charge in [-0.15, -0.1) is 0 Å². The molecule has 5 N–H and O–H groups in total. The SMILES string of the molecule is Cc1ccc(C(=O)Nc2cc(N3CCOCC3)cc(C(F)(F)F)c2)cc1N(N)/C=C(\N)c1cccnc1. The second-order valence-electron chi connectivity index (χ2n) is 8.55. The first-order chi connectivity index (χ1) is 17.6. The van der Waals surface area contributed by atoms with Crippen molar-refractivity contribution in [2.75, 3.05) is 41.5 Å². The molecule has 3 aromatic rings. The summed E-state index contributed by atoms with van der Waals surface area (Å²) in [6, 6.07) is 11.9. The van der Waals surface area contributed by atoms with Gasteiger partial charge in [0.1, 0.15) is 0 Å². The van der Waals surface area contributed by atoms with E-state index in [0.717, 1.165) is 17.7 Å². The predicted octanol–water partition coefficient (Wildman–Crippen LogP) is 4.14. The maximum absolute atomic E-state index is 13.6.